The number of nitrogens with two attached hydrogens (primary N) is 1. The van der Waals surface area contributed by atoms with Gasteiger partial charge in [0.25, 0.3) is 0 Å². The van der Waals surface area contributed by atoms with E-state index in [-0.39, 0.29) is 5.95 Å². The first-order chi connectivity index (χ1) is 11.1. The van der Waals surface area contributed by atoms with Gasteiger partial charge in [-0.1, -0.05) is 37.6 Å². The summed E-state index contributed by atoms with van der Waals surface area (Å²) >= 11 is 5.95. The summed E-state index contributed by atoms with van der Waals surface area (Å²) in [6.45, 7) is 8.42. The van der Waals surface area contributed by atoms with Gasteiger partial charge in [-0.2, -0.15) is 4.98 Å². The van der Waals surface area contributed by atoms with Crippen LogP contribution in [-0.2, 0) is 0 Å². The molecule has 0 saturated heterocycles. The van der Waals surface area contributed by atoms with Crippen LogP contribution in [0.2, 0.25) is 5.02 Å². The van der Waals surface area contributed by atoms with E-state index in [1.54, 1.807) is 6.20 Å². The molecule has 1 aromatic heterocycles. The molecule has 0 fully saturated rings. The number of rotatable bonds is 8. The second kappa shape index (κ2) is 8.70. The predicted octanol–water partition coefficient (Wildman–Crippen LogP) is 3.52. The van der Waals surface area contributed by atoms with E-state index >= 15 is 0 Å². The van der Waals surface area contributed by atoms with Crippen molar-refractivity contribution in [3.8, 4) is 11.1 Å². The van der Waals surface area contributed by atoms with Crippen molar-refractivity contribution in [2.24, 2.45) is 0 Å². The summed E-state index contributed by atoms with van der Waals surface area (Å²) in [5.41, 5.74) is 7.68. The van der Waals surface area contributed by atoms with Crippen LogP contribution >= 0.6 is 11.6 Å². The minimum atomic E-state index is 0.272. The van der Waals surface area contributed by atoms with Crippen molar-refractivity contribution in [2.45, 2.75) is 20.3 Å². The SMILES string of the molecule is CCN(CC)CCCNc1nc(N)ncc1-c1ccc(Cl)cc1. The lowest BCUT2D eigenvalue weighted by Gasteiger charge is -2.18. The first kappa shape index (κ1) is 17.5. The van der Waals surface area contributed by atoms with E-state index < -0.39 is 0 Å². The first-order valence-corrected chi connectivity index (χ1v) is 8.36. The molecule has 1 heterocycles. The lowest BCUT2D eigenvalue weighted by molar-refractivity contribution is 0.303. The zero-order chi connectivity index (χ0) is 16.7. The molecule has 0 aliphatic rings. The predicted molar refractivity (Wildman–Crippen MR) is 97.8 cm³/mol. The minimum absolute atomic E-state index is 0.272. The van der Waals surface area contributed by atoms with Gasteiger partial charge in [-0.25, -0.2) is 4.98 Å². The van der Waals surface area contributed by atoms with Gasteiger partial charge in [-0.3, -0.25) is 0 Å². The molecule has 0 aliphatic heterocycles. The van der Waals surface area contributed by atoms with Gasteiger partial charge in [0.2, 0.25) is 5.95 Å². The van der Waals surface area contributed by atoms with Gasteiger partial charge in [-0.15, -0.1) is 0 Å². The van der Waals surface area contributed by atoms with E-state index in [9.17, 15) is 0 Å². The molecule has 2 aromatic rings. The number of hydrogen-bond donors (Lipinski definition) is 2. The Morgan fingerprint density at radius 2 is 1.87 bits per heavy atom. The molecular formula is C17H24ClN5. The highest BCUT2D eigenvalue weighted by Crippen LogP contribution is 2.27. The molecule has 0 atom stereocenters. The van der Waals surface area contributed by atoms with Gasteiger partial charge in [0.05, 0.1) is 0 Å². The van der Waals surface area contributed by atoms with Crippen molar-refractivity contribution in [2.75, 3.05) is 37.2 Å². The highest BCUT2D eigenvalue weighted by molar-refractivity contribution is 6.30. The van der Waals surface area contributed by atoms with Crippen LogP contribution in [0.3, 0.4) is 0 Å². The van der Waals surface area contributed by atoms with Gasteiger partial charge in [0, 0.05) is 23.3 Å². The van der Waals surface area contributed by atoms with Crippen LogP contribution in [0, 0.1) is 0 Å². The van der Waals surface area contributed by atoms with Crippen molar-refractivity contribution in [1.29, 1.82) is 0 Å². The Morgan fingerprint density at radius 1 is 1.17 bits per heavy atom. The molecular weight excluding hydrogens is 310 g/mol. The fraction of sp³-hybridized carbons (Fsp3) is 0.412. The summed E-state index contributed by atoms with van der Waals surface area (Å²) < 4.78 is 0. The van der Waals surface area contributed by atoms with E-state index in [4.69, 9.17) is 17.3 Å². The maximum atomic E-state index is 5.95. The fourth-order valence-corrected chi connectivity index (χ4v) is 2.55. The number of nitrogen functional groups attached to an aromatic ring is 1. The number of aromatic nitrogens is 2. The number of hydrogen-bond acceptors (Lipinski definition) is 5. The quantitative estimate of drug-likeness (QED) is 0.723. The van der Waals surface area contributed by atoms with Crippen molar-refractivity contribution in [1.82, 2.24) is 14.9 Å². The molecule has 0 spiro atoms. The molecule has 124 valence electrons. The summed E-state index contributed by atoms with van der Waals surface area (Å²) in [6.07, 6.45) is 2.80. The molecule has 0 bridgehead atoms. The van der Waals surface area contributed by atoms with Gasteiger partial charge in [-0.05, 0) is 43.8 Å². The average Bonchev–Trinajstić information content (AvgIpc) is 2.56. The highest BCUT2D eigenvalue weighted by atomic mass is 35.5. The van der Waals surface area contributed by atoms with Crippen molar-refractivity contribution < 1.29 is 0 Å². The molecule has 6 heteroatoms. The molecule has 0 amide bonds. The summed E-state index contributed by atoms with van der Waals surface area (Å²) in [5.74, 6) is 1.04. The van der Waals surface area contributed by atoms with Crippen molar-refractivity contribution in [3.05, 3.63) is 35.5 Å². The summed E-state index contributed by atoms with van der Waals surface area (Å²) in [7, 11) is 0. The Kier molecular flexibility index (Phi) is 6.62. The third-order valence-corrected chi connectivity index (χ3v) is 4.05. The number of benzene rings is 1. The molecule has 0 saturated carbocycles. The van der Waals surface area contributed by atoms with Crippen LogP contribution in [0.5, 0.6) is 0 Å². The van der Waals surface area contributed by atoms with E-state index in [0.717, 1.165) is 49.5 Å². The fourth-order valence-electron chi connectivity index (χ4n) is 2.42. The van der Waals surface area contributed by atoms with Crippen LogP contribution in [0.15, 0.2) is 30.5 Å². The average molecular weight is 334 g/mol. The molecule has 2 rings (SSSR count). The van der Waals surface area contributed by atoms with Crippen LogP contribution in [0.1, 0.15) is 20.3 Å². The molecule has 0 unspecified atom stereocenters. The maximum Gasteiger partial charge on any atom is 0.221 e. The standard InChI is InChI=1S/C17H24ClN5/c1-3-23(4-2)11-5-10-20-16-15(12-21-17(19)22-16)13-6-8-14(18)9-7-13/h6-9,12H,3-5,10-11H2,1-2H3,(H3,19,20,21,22). The number of nitrogens with zero attached hydrogens (tertiary/aromatic N) is 3. The van der Waals surface area contributed by atoms with Crippen LogP contribution < -0.4 is 11.1 Å². The summed E-state index contributed by atoms with van der Waals surface area (Å²) in [6, 6.07) is 7.63. The first-order valence-electron chi connectivity index (χ1n) is 7.98. The third-order valence-electron chi connectivity index (χ3n) is 3.80. The van der Waals surface area contributed by atoms with E-state index in [2.05, 4.69) is 34.0 Å². The number of halogens is 1. The topological polar surface area (TPSA) is 67.1 Å². The second-order valence-corrected chi connectivity index (χ2v) is 5.74. The molecule has 23 heavy (non-hydrogen) atoms. The Bertz CT molecular complexity index is 611. The van der Waals surface area contributed by atoms with Crippen molar-refractivity contribution in [3.63, 3.8) is 0 Å². The number of anilines is 2. The summed E-state index contributed by atoms with van der Waals surface area (Å²) in [4.78, 5) is 10.8. The van der Waals surface area contributed by atoms with E-state index in [0.29, 0.717) is 5.02 Å². The molecule has 3 N–H and O–H groups in total. The second-order valence-electron chi connectivity index (χ2n) is 5.30. The zero-order valence-corrected chi connectivity index (χ0v) is 14.5. The van der Waals surface area contributed by atoms with Crippen LogP contribution in [-0.4, -0.2) is 41.0 Å². The Balaban J connectivity index is 2.06. The smallest absolute Gasteiger partial charge is 0.221 e. The molecule has 0 radical (unpaired) electrons. The van der Waals surface area contributed by atoms with Crippen molar-refractivity contribution >= 4 is 23.4 Å². The van der Waals surface area contributed by atoms with E-state index in [1.165, 1.54) is 0 Å². The normalized spacial score (nSPS) is 11.0. The molecule has 5 nitrogen and oxygen atoms in total. The highest BCUT2D eigenvalue weighted by Gasteiger charge is 2.08. The maximum absolute atomic E-state index is 5.95. The van der Waals surface area contributed by atoms with Crippen LogP contribution in [0.25, 0.3) is 11.1 Å². The Hall–Kier alpha value is -1.85. The Morgan fingerprint density at radius 3 is 2.52 bits per heavy atom. The van der Waals surface area contributed by atoms with E-state index in [1.807, 2.05) is 24.3 Å². The molecule has 1 aromatic carbocycles. The Labute approximate surface area is 142 Å². The lowest BCUT2D eigenvalue weighted by Crippen LogP contribution is -2.25. The zero-order valence-electron chi connectivity index (χ0n) is 13.7. The third kappa shape index (κ3) is 5.08. The lowest BCUT2D eigenvalue weighted by atomic mass is 10.1. The number of nitrogens with one attached hydrogen (secondary N) is 1. The monoisotopic (exact) mass is 333 g/mol. The van der Waals surface area contributed by atoms with Gasteiger partial charge in [0.15, 0.2) is 0 Å². The molecule has 0 aliphatic carbocycles. The largest absolute Gasteiger partial charge is 0.369 e. The summed E-state index contributed by atoms with van der Waals surface area (Å²) in [5, 5.41) is 4.09. The minimum Gasteiger partial charge on any atom is -0.369 e. The van der Waals surface area contributed by atoms with Gasteiger partial charge < -0.3 is 16.0 Å². The van der Waals surface area contributed by atoms with Gasteiger partial charge in [0.1, 0.15) is 5.82 Å². The van der Waals surface area contributed by atoms with Crippen LogP contribution in [0.4, 0.5) is 11.8 Å². The van der Waals surface area contributed by atoms with Gasteiger partial charge >= 0.3 is 0 Å².